The largest absolute Gasteiger partial charge is 0.468 e. The fourth-order valence-electron chi connectivity index (χ4n) is 1.56. The van der Waals surface area contributed by atoms with Gasteiger partial charge in [-0.05, 0) is 32.0 Å². The number of thioether (sulfide) groups is 1. The first-order valence-electron chi connectivity index (χ1n) is 5.66. The minimum absolute atomic E-state index is 0.0236. The second-order valence-corrected chi connectivity index (χ2v) is 4.95. The van der Waals surface area contributed by atoms with E-state index in [1.807, 2.05) is 32.0 Å². The molecule has 1 amide bonds. The Hall–Kier alpha value is -1.62. The molecular weight excluding hydrogens is 250 g/mol. The van der Waals surface area contributed by atoms with Gasteiger partial charge >= 0.3 is 0 Å². The number of carbonyl (C=O) groups excluding carboxylic acids is 1. The third kappa shape index (κ3) is 3.20. The SMILES string of the molecule is Cc1occc1SCC(=O)NC(C)c1ccco1. The summed E-state index contributed by atoms with van der Waals surface area (Å²) in [6, 6.07) is 5.40. The van der Waals surface area contributed by atoms with Crippen molar-refractivity contribution in [2.45, 2.75) is 24.8 Å². The van der Waals surface area contributed by atoms with Crippen molar-refractivity contribution < 1.29 is 13.6 Å². The maximum absolute atomic E-state index is 11.8. The summed E-state index contributed by atoms with van der Waals surface area (Å²) in [5, 5.41) is 2.88. The maximum atomic E-state index is 11.8. The predicted molar refractivity (Wildman–Crippen MR) is 69.4 cm³/mol. The first-order chi connectivity index (χ1) is 8.66. The summed E-state index contributed by atoms with van der Waals surface area (Å²) in [5.74, 6) is 1.94. The summed E-state index contributed by atoms with van der Waals surface area (Å²) in [7, 11) is 0. The number of amides is 1. The molecular formula is C13H15NO3S. The molecule has 0 aliphatic heterocycles. The van der Waals surface area contributed by atoms with E-state index in [4.69, 9.17) is 8.83 Å². The molecule has 0 bridgehead atoms. The Morgan fingerprint density at radius 3 is 2.83 bits per heavy atom. The van der Waals surface area contributed by atoms with Gasteiger partial charge < -0.3 is 14.2 Å². The van der Waals surface area contributed by atoms with Crippen LogP contribution in [0.2, 0.25) is 0 Å². The van der Waals surface area contributed by atoms with E-state index in [1.165, 1.54) is 11.8 Å². The van der Waals surface area contributed by atoms with Crippen LogP contribution in [0, 0.1) is 6.92 Å². The Balaban J connectivity index is 1.81. The van der Waals surface area contributed by atoms with Gasteiger partial charge in [0.05, 0.1) is 24.3 Å². The van der Waals surface area contributed by atoms with Crippen LogP contribution in [-0.4, -0.2) is 11.7 Å². The quantitative estimate of drug-likeness (QED) is 0.844. The molecule has 2 rings (SSSR count). The predicted octanol–water partition coefficient (Wildman–Crippen LogP) is 3.15. The molecule has 1 unspecified atom stereocenters. The molecule has 1 atom stereocenters. The summed E-state index contributed by atoms with van der Waals surface area (Å²) in [6.45, 7) is 3.77. The lowest BCUT2D eigenvalue weighted by atomic mass is 10.2. The van der Waals surface area contributed by atoms with Gasteiger partial charge in [-0.3, -0.25) is 4.79 Å². The normalized spacial score (nSPS) is 12.3. The van der Waals surface area contributed by atoms with E-state index >= 15 is 0 Å². The standard InChI is InChI=1S/C13H15NO3S/c1-9(11-4-3-6-17-11)14-13(15)8-18-12-5-7-16-10(12)2/h3-7,9H,8H2,1-2H3,(H,14,15). The smallest absolute Gasteiger partial charge is 0.230 e. The topological polar surface area (TPSA) is 55.4 Å². The van der Waals surface area contributed by atoms with E-state index in [2.05, 4.69) is 5.32 Å². The number of hydrogen-bond donors (Lipinski definition) is 1. The maximum Gasteiger partial charge on any atom is 0.230 e. The van der Waals surface area contributed by atoms with Crippen LogP contribution in [0.25, 0.3) is 0 Å². The molecule has 0 saturated carbocycles. The van der Waals surface area contributed by atoms with Gasteiger partial charge in [-0.1, -0.05) is 0 Å². The van der Waals surface area contributed by atoms with Crippen molar-refractivity contribution in [3.05, 3.63) is 42.2 Å². The number of rotatable bonds is 5. The number of nitrogens with one attached hydrogen (secondary N) is 1. The lowest BCUT2D eigenvalue weighted by molar-refractivity contribution is -0.119. The van der Waals surface area contributed by atoms with Crippen LogP contribution in [-0.2, 0) is 4.79 Å². The highest BCUT2D eigenvalue weighted by Crippen LogP contribution is 2.23. The van der Waals surface area contributed by atoms with Gasteiger partial charge in [-0.15, -0.1) is 11.8 Å². The molecule has 1 N–H and O–H groups in total. The van der Waals surface area contributed by atoms with Crippen LogP contribution in [0.15, 0.2) is 44.5 Å². The Morgan fingerprint density at radius 2 is 2.22 bits per heavy atom. The first-order valence-corrected chi connectivity index (χ1v) is 6.65. The highest BCUT2D eigenvalue weighted by Gasteiger charge is 2.12. The van der Waals surface area contributed by atoms with Crippen molar-refractivity contribution in [1.29, 1.82) is 0 Å². The third-order valence-corrected chi connectivity index (χ3v) is 3.66. The van der Waals surface area contributed by atoms with E-state index in [1.54, 1.807) is 12.5 Å². The van der Waals surface area contributed by atoms with Gasteiger partial charge in [0.25, 0.3) is 0 Å². The van der Waals surface area contributed by atoms with E-state index in [-0.39, 0.29) is 11.9 Å². The molecule has 18 heavy (non-hydrogen) atoms. The molecule has 5 heteroatoms. The van der Waals surface area contributed by atoms with E-state index in [0.717, 1.165) is 16.4 Å². The summed E-state index contributed by atoms with van der Waals surface area (Å²) in [6.07, 6.45) is 3.22. The van der Waals surface area contributed by atoms with Crippen LogP contribution in [0.1, 0.15) is 24.5 Å². The number of furan rings is 2. The van der Waals surface area contributed by atoms with Crippen molar-refractivity contribution in [3.63, 3.8) is 0 Å². The van der Waals surface area contributed by atoms with Crippen molar-refractivity contribution in [2.75, 3.05) is 5.75 Å². The molecule has 4 nitrogen and oxygen atoms in total. The molecule has 0 fully saturated rings. The van der Waals surface area contributed by atoms with E-state index in [0.29, 0.717) is 5.75 Å². The molecule has 0 aliphatic carbocycles. The van der Waals surface area contributed by atoms with Crippen LogP contribution >= 0.6 is 11.8 Å². The second kappa shape index (κ2) is 5.82. The molecule has 2 heterocycles. The van der Waals surface area contributed by atoms with Gasteiger partial charge in [0.15, 0.2) is 0 Å². The zero-order valence-electron chi connectivity index (χ0n) is 10.3. The van der Waals surface area contributed by atoms with Crippen molar-refractivity contribution in [1.82, 2.24) is 5.32 Å². The van der Waals surface area contributed by atoms with Crippen LogP contribution in [0.4, 0.5) is 0 Å². The fraction of sp³-hybridized carbons (Fsp3) is 0.308. The second-order valence-electron chi connectivity index (χ2n) is 3.93. The van der Waals surface area contributed by atoms with Crippen LogP contribution in [0.5, 0.6) is 0 Å². The minimum atomic E-state index is -0.112. The van der Waals surface area contributed by atoms with Gasteiger partial charge in [-0.25, -0.2) is 0 Å². The van der Waals surface area contributed by atoms with Crippen molar-refractivity contribution in [3.8, 4) is 0 Å². The van der Waals surface area contributed by atoms with Crippen LogP contribution in [0.3, 0.4) is 0 Å². The highest BCUT2D eigenvalue weighted by molar-refractivity contribution is 8.00. The van der Waals surface area contributed by atoms with E-state index in [9.17, 15) is 4.79 Å². The Morgan fingerprint density at radius 1 is 1.39 bits per heavy atom. The molecule has 2 aromatic rings. The molecule has 0 spiro atoms. The van der Waals surface area contributed by atoms with Gasteiger partial charge in [0.2, 0.25) is 5.91 Å². The Bertz CT molecular complexity index is 504. The van der Waals surface area contributed by atoms with E-state index < -0.39 is 0 Å². The molecule has 96 valence electrons. The molecule has 0 saturated heterocycles. The molecule has 0 aromatic carbocycles. The molecule has 0 radical (unpaired) electrons. The Labute approximate surface area is 110 Å². The average Bonchev–Trinajstić information content (AvgIpc) is 2.97. The zero-order valence-corrected chi connectivity index (χ0v) is 11.1. The minimum Gasteiger partial charge on any atom is -0.468 e. The lowest BCUT2D eigenvalue weighted by Gasteiger charge is -2.10. The van der Waals surface area contributed by atoms with Crippen molar-refractivity contribution in [2.24, 2.45) is 0 Å². The average molecular weight is 265 g/mol. The molecule has 0 aliphatic rings. The van der Waals surface area contributed by atoms with Gasteiger partial charge in [0, 0.05) is 4.90 Å². The summed E-state index contributed by atoms with van der Waals surface area (Å²) >= 11 is 1.46. The van der Waals surface area contributed by atoms with Gasteiger partial charge in [0.1, 0.15) is 11.5 Å². The molecule has 2 aromatic heterocycles. The fourth-order valence-corrected chi connectivity index (χ4v) is 2.33. The Kier molecular flexibility index (Phi) is 4.15. The third-order valence-electron chi connectivity index (χ3n) is 2.52. The van der Waals surface area contributed by atoms with Crippen LogP contribution < -0.4 is 5.32 Å². The monoisotopic (exact) mass is 265 g/mol. The zero-order chi connectivity index (χ0) is 13.0. The summed E-state index contributed by atoms with van der Waals surface area (Å²) in [4.78, 5) is 12.7. The number of aryl methyl sites for hydroxylation is 1. The van der Waals surface area contributed by atoms with Gasteiger partial charge in [-0.2, -0.15) is 0 Å². The van der Waals surface area contributed by atoms with Crippen molar-refractivity contribution >= 4 is 17.7 Å². The lowest BCUT2D eigenvalue weighted by Crippen LogP contribution is -2.27. The number of carbonyl (C=O) groups is 1. The summed E-state index contributed by atoms with van der Waals surface area (Å²) < 4.78 is 10.4. The summed E-state index contributed by atoms with van der Waals surface area (Å²) in [5.41, 5.74) is 0. The first kappa shape index (κ1) is 12.8. The number of hydrogen-bond acceptors (Lipinski definition) is 4. The highest BCUT2D eigenvalue weighted by atomic mass is 32.2.